The minimum Gasteiger partial charge on any atom is -0.388 e. The number of rotatable bonds is 5. The van der Waals surface area contributed by atoms with Gasteiger partial charge in [-0.15, -0.1) is 0 Å². The van der Waals surface area contributed by atoms with Crippen molar-refractivity contribution < 1.29 is 0 Å². The quantitative estimate of drug-likeness (QED) is 0.699. The lowest BCUT2D eigenvalue weighted by molar-refractivity contribution is 0.717. The van der Waals surface area contributed by atoms with Crippen LogP contribution in [0.25, 0.3) is 0 Å². The molecule has 1 aromatic rings. The van der Waals surface area contributed by atoms with Crippen molar-refractivity contribution in [1.82, 2.24) is 0 Å². The number of anilines is 1. The van der Waals surface area contributed by atoms with E-state index < -0.39 is 0 Å². The number of hydrogen-bond donors (Lipinski definition) is 1. The normalized spacial score (nSPS) is 10.2. The first-order valence-corrected chi connectivity index (χ1v) is 5.55. The summed E-state index contributed by atoms with van der Waals surface area (Å²) in [4.78, 5) is 0. The fourth-order valence-corrected chi connectivity index (χ4v) is 1.74. The maximum atomic E-state index is 3.19. The molecule has 0 aliphatic carbocycles. The third kappa shape index (κ3) is 3.06. The molecule has 0 saturated heterocycles. The summed E-state index contributed by atoms with van der Waals surface area (Å²) >= 11 is 0. The Balaban J connectivity index is 2.57. The average molecular weight is 191 g/mol. The number of aryl methyl sites for hydroxylation is 2. The van der Waals surface area contributed by atoms with Crippen molar-refractivity contribution in [2.75, 3.05) is 12.4 Å². The van der Waals surface area contributed by atoms with Gasteiger partial charge in [0.1, 0.15) is 0 Å². The van der Waals surface area contributed by atoms with Crippen LogP contribution in [0.15, 0.2) is 18.2 Å². The minimum atomic E-state index is 1.22. The van der Waals surface area contributed by atoms with E-state index in [1.807, 2.05) is 7.05 Å². The van der Waals surface area contributed by atoms with Crippen molar-refractivity contribution in [2.45, 2.75) is 39.5 Å². The van der Waals surface area contributed by atoms with E-state index in [0.29, 0.717) is 0 Å². The van der Waals surface area contributed by atoms with Gasteiger partial charge in [0.05, 0.1) is 0 Å². The zero-order chi connectivity index (χ0) is 10.4. The van der Waals surface area contributed by atoms with Gasteiger partial charge in [0.2, 0.25) is 0 Å². The van der Waals surface area contributed by atoms with Gasteiger partial charge < -0.3 is 5.32 Å². The van der Waals surface area contributed by atoms with Crippen LogP contribution >= 0.6 is 0 Å². The lowest BCUT2D eigenvalue weighted by Crippen LogP contribution is -1.93. The summed E-state index contributed by atoms with van der Waals surface area (Å²) in [7, 11) is 1.97. The van der Waals surface area contributed by atoms with Gasteiger partial charge in [-0.05, 0) is 37.0 Å². The second-order valence-corrected chi connectivity index (χ2v) is 3.86. The monoisotopic (exact) mass is 191 g/mol. The predicted molar refractivity (Wildman–Crippen MR) is 64.0 cm³/mol. The summed E-state index contributed by atoms with van der Waals surface area (Å²) in [5.41, 5.74) is 4.06. The van der Waals surface area contributed by atoms with Crippen molar-refractivity contribution in [2.24, 2.45) is 0 Å². The Morgan fingerprint density at radius 1 is 1.21 bits per heavy atom. The Morgan fingerprint density at radius 2 is 2.00 bits per heavy atom. The van der Waals surface area contributed by atoms with Crippen LogP contribution in [0, 0.1) is 6.92 Å². The lowest BCUT2D eigenvalue weighted by Gasteiger charge is -2.07. The highest BCUT2D eigenvalue weighted by Crippen LogP contribution is 2.17. The van der Waals surface area contributed by atoms with E-state index in [4.69, 9.17) is 0 Å². The summed E-state index contributed by atoms with van der Waals surface area (Å²) in [6.45, 7) is 4.41. The van der Waals surface area contributed by atoms with Gasteiger partial charge in [0.25, 0.3) is 0 Å². The van der Waals surface area contributed by atoms with Crippen LogP contribution in [-0.4, -0.2) is 7.05 Å². The van der Waals surface area contributed by atoms with Gasteiger partial charge >= 0.3 is 0 Å². The highest BCUT2D eigenvalue weighted by Gasteiger charge is 1.97. The lowest BCUT2D eigenvalue weighted by atomic mass is 10.0. The van der Waals surface area contributed by atoms with Crippen molar-refractivity contribution in [1.29, 1.82) is 0 Å². The van der Waals surface area contributed by atoms with Crippen molar-refractivity contribution in [3.63, 3.8) is 0 Å². The van der Waals surface area contributed by atoms with E-state index in [9.17, 15) is 0 Å². The van der Waals surface area contributed by atoms with Crippen LogP contribution in [0.4, 0.5) is 5.69 Å². The highest BCUT2D eigenvalue weighted by molar-refractivity contribution is 5.51. The molecule has 0 aliphatic heterocycles. The molecule has 0 heterocycles. The van der Waals surface area contributed by atoms with Crippen LogP contribution in [0.5, 0.6) is 0 Å². The fourth-order valence-electron chi connectivity index (χ4n) is 1.74. The molecule has 0 atom stereocenters. The second-order valence-electron chi connectivity index (χ2n) is 3.86. The van der Waals surface area contributed by atoms with E-state index in [1.54, 1.807) is 0 Å². The first-order valence-electron chi connectivity index (χ1n) is 5.55. The number of nitrogens with one attached hydrogen (secondary N) is 1. The Morgan fingerprint density at radius 3 is 2.57 bits per heavy atom. The van der Waals surface area contributed by atoms with Gasteiger partial charge in [-0.1, -0.05) is 31.9 Å². The summed E-state index contributed by atoms with van der Waals surface area (Å²) in [5, 5.41) is 3.19. The Labute approximate surface area is 87.5 Å². The van der Waals surface area contributed by atoms with Gasteiger partial charge in [-0.3, -0.25) is 0 Å². The maximum absolute atomic E-state index is 3.19. The summed E-state index contributed by atoms with van der Waals surface area (Å²) in [6.07, 6.45) is 5.17. The van der Waals surface area contributed by atoms with E-state index in [1.165, 1.54) is 42.5 Å². The third-order valence-electron chi connectivity index (χ3n) is 2.63. The van der Waals surface area contributed by atoms with Gasteiger partial charge in [-0.2, -0.15) is 0 Å². The van der Waals surface area contributed by atoms with Gasteiger partial charge in [0, 0.05) is 12.7 Å². The summed E-state index contributed by atoms with van der Waals surface area (Å²) in [5.74, 6) is 0. The molecule has 0 spiro atoms. The maximum Gasteiger partial charge on any atom is 0.0367 e. The molecule has 0 aliphatic rings. The first-order chi connectivity index (χ1) is 6.77. The van der Waals surface area contributed by atoms with Crippen LogP contribution in [0.2, 0.25) is 0 Å². The molecule has 0 unspecified atom stereocenters. The van der Waals surface area contributed by atoms with Crippen molar-refractivity contribution >= 4 is 5.69 Å². The number of unbranched alkanes of at least 4 members (excludes halogenated alkanes) is 2. The molecular formula is C13H21N. The van der Waals surface area contributed by atoms with E-state index in [2.05, 4.69) is 37.4 Å². The highest BCUT2D eigenvalue weighted by atomic mass is 14.8. The van der Waals surface area contributed by atoms with Crippen molar-refractivity contribution in [3.05, 3.63) is 29.3 Å². The van der Waals surface area contributed by atoms with E-state index in [-0.39, 0.29) is 0 Å². The first kappa shape index (κ1) is 11.1. The van der Waals surface area contributed by atoms with E-state index >= 15 is 0 Å². The number of hydrogen-bond acceptors (Lipinski definition) is 1. The molecule has 0 amide bonds. The molecule has 1 heteroatoms. The summed E-state index contributed by atoms with van der Waals surface area (Å²) < 4.78 is 0. The van der Waals surface area contributed by atoms with E-state index in [0.717, 1.165) is 0 Å². The number of benzene rings is 1. The molecule has 0 fully saturated rings. The van der Waals surface area contributed by atoms with Crippen LogP contribution < -0.4 is 5.32 Å². The minimum absolute atomic E-state index is 1.22. The smallest absolute Gasteiger partial charge is 0.0367 e. The molecule has 0 aromatic heterocycles. The molecular weight excluding hydrogens is 170 g/mol. The Kier molecular flexibility index (Phi) is 4.51. The largest absolute Gasteiger partial charge is 0.388 e. The molecule has 0 radical (unpaired) electrons. The van der Waals surface area contributed by atoms with Crippen molar-refractivity contribution in [3.8, 4) is 0 Å². The average Bonchev–Trinajstić information content (AvgIpc) is 2.18. The summed E-state index contributed by atoms with van der Waals surface area (Å²) in [6, 6.07) is 6.70. The Hall–Kier alpha value is -0.980. The van der Waals surface area contributed by atoms with Crippen LogP contribution in [-0.2, 0) is 6.42 Å². The predicted octanol–water partition coefficient (Wildman–Crippen LogP) is 3.77. The third-order valence-corrected chi connectivity index (χ3v) is 2.63. The molecule has 1 rings (SSSR count). The zero-order valence-corrected chi connectivity index (χ0v) is 9.56. The van der Waals surface area contributed by atoms with Gasteiger partial charge in [-0.25, -0.2) is 0 Å². The zero-order valence-electron chi connectivity index (χ0n) is 9.56. The van der Waals surface area contributed by atoms with Crippen LogP contribution in [0.3, 0.4) is 0 Å². The molecule has 1 nitrogen and oxygen atoms in total. The molecule has 0 bridgehead atoms. The standard InChI is InChI=1S/C13H21N/c1-4-5-6-7-12-8-9-13(14-3)11(2)10-12/h8-10,14H,4-7H2,1-3H3. The van der Waals surface area contributed by atoms with Crippen LogP contribution in [0.1, 0.15) is 37.3 Å². The van der Waals surface area contributed by atoms with Gasteiger partial charge in [0.15, 0.2) is 0 Å². The molecule has 0 saturated carbocycles. The second kappa shape index (κ2) is 5.69. The molecule has 1 N–H and O–H groups in total. The SMILES string of the molecule is CCCCCc1ccc(NC)c(C)c1. The topological polar surface area (TPSA) is 12.0 Å². The fraction of sp³-hybridized carbons (Fsp3) is 0.538. The Bertz CT molecular complexity index is 279. The molecule has 1 aromatic carbocycles. The molecule has 14 heavy (non-hydrogen) atoms. The molecule has 78 valence electrons.